The van der Waals surface area contributed by atoms with Crippen molar-refractivity contribution in [3.05, 3.63) is 33.3 Å². The van der Waals surface area contributed by atoms with Gasteiger partial charge in [0.25, 0.3) is 0 Å². The Hall–Kier alpha value is -1.28. The molecule has 0 aliphatic carbocycles. The van der Waals surface area contributed by atoms with Gasteiger partial charge in [-0.1, -0.05) is 30.4 Å². The van der Waals surface area contributed by atoms with Crippen LogP contribution in [0.4, 0.5) is 10.8 Å². The molecule has 1 aromatic carbocycles. The Morgan fingerprint density at radius 2 is 1.88 bits per heavy atom. The predicted molar refractivity (Wildman–Crippen MR) is 104 cm³/mol. The Kier molecular flexibility index (Phi) is 5.65. The third-order valence-electron chi connectivity index (χ3n) is 4.70. The van der Waals surface area contributed by atoms with E-state index in [-0.39, 0.29) is 0 Å². The second kappa shape index (κ2) is 7.74. The zero-order valence-electron chi connectivity index (χ0n) is 14.6. The number of hydrogen-bond donors (Lipinski definition) is 1. The zero-order chi connectivity index (χ0) is 17.1. The van der Waals surface area contributed by atoms with Crippen molar-refractivity contribution in [2.45, 2.75) is 27.4 Å². The maximum atomic E-state index is 5.50. The van der Waals surface area contributed by atoms with Gasteiger partial charge in [0, 0.05) is 31.9 Å². The van der Waals surface area contributed by atoms with Gasteiger partial charge < -0.3 is 10.2 Å². The van der Waals surface area contributed by atoms with E-state index in [0.29, 0.717) is 0 Å². The quantitative estimate of drug-likeness (QED) is 0.821. The van der Waals surface area contributed by atoms with E-state index >= 15 is 0 Å². The molecule has 130 valence electrons. The van der Waals surface area contributed by atoms with Crippen molar-refractivity contribution in [2.24, 2.45) is 0 Å². The van der Waals surface area contributed by atoms with E-state index in [1.54, 1.807) is 0 Å². The molecule has 1 aromatic heterocycles. The fraction of sp³-hybridized carbons (Fsp3) is 0.529. The van der Waals surface area contributed by atoms with E-state index in [1.807, 2.05) is 4.68 Å². The molecular formula is C17H25N5S2. The van der Waals surface area contributed by atoms with Crippen LogP contribution < -0.4 is 5.32 Å². The van der Waals surface area contributed by atoms with Crippen LogP contribution in [0.25, 0.3) is 0 Å². The van der Waals surface area contributed by atoms with Crippen molar-refractivity contribution >= 4 is 34.4 Å². The molecule has 2 heterocycles. The minimum Gasteiger partial charge on any atom is -0.330 e. The summed E-state index contributed by atoms with van der Waals surface area (Å²) in [5, 5.41) is 8.96. The third kappa shape index (κ3) is 4.03. The highest BCUT2D eigenvalue weighted by atomic mass is 32.1. The standard InChI is InChI=1S/C17H25N5S2/c1-4-20-8-10-21(11-9-20)12-22-17(23)24-16(19-22)18-15-7-5-6-13(2)14(15)3/h5-7H,4,8-12H2,1-3H3,(H,18,19). The number of hydrogen-bond acceptors (Lipinski definition) is 6. The summed E-state index contributed by atoms with van der Waals surface area (Å²) in [6, 6.07) is 6.27. The lowest BCUT2D eigenvalue weighted by Gasteiger charge is -2.33. The smallest absolute Gasteiger partial charge is 0.209 e. The van der Waals surface area contributed by atoms with Crippen LogP contribution in [0.2, 0.25) is 0 Å². The van der Waals surface area contributed by atoms with Crippen molar-refractivity contribution in [3.8, 4) is 0 Å². The monoisotopic (exact) mass is 363 g/mol. The molecule has 0 radical (unpaired) electrons. The molecule has 0 bridgehead atoms. The summed E-state index contributed by atoms with van der Waals surface area (Å²) in [6.45, 7) is 12.8. The molecule has 0 unspecified atom stereocenters. The first-order chi connectivity index (χ1) is 11.6. The van der Waals surface area contributed by atoms with Gasteiger partial charge in [-0.25, -0.2) is 4.68 Å². The van der Waals surface area contributed by atoms with E-state index in [2.05, 4.69) is 59.2 Å². The summed E-state index contributed by atoms with van der Waals surface area (Å²) in [5.41, 5.74) is 3.63. The van der Waals surface area contributed by atoms with Gasteiger partial charge in [-0.05, 0) is 49.8 Å². The molecule has 1 aliphatic heterocycles. The molecule has 3 rings (SSSR count). The molecule has 1 saturated heterocycles. The van der Waals surface area contributed by atoms with Crippen molar-refractivity contribution in [1.82, 2.24) is 19.6 Å². The predicted octanol–water partition coefficient (Wildman–Crippen LogP) is 3.63. The molecule has 0 saturated carbocycles. The summed E-state index contributed by atoms with van der Waals surface area (Å²) in [5.74, 6) is 0. The highest BCUT2D eigenvalue weighted by Gasteiger charge is 2.16. The van der Waals surface area contributed by atoms with Crippen LogP contribution in [-0.4, -0.2) is 52.3 Å². The minimum absolute atomic E-state index is 0.779. The van der Waals surface area contributed by atoms with Crippen molar-refractivity contribution in [1.29, 1.82) is 0 Å². The van der Waals surface area contributed by atoms with Gasteiger partial charge in [-0.3, -0.25) is 4.90 Å². The van der Waals surface area contributed by atoms with Crippen LogP contribution in [0.5, 0.6) is 0 Å². The zero-order valence-corrected chi connectivity index (χ0v) is 16.2. The molecular weight excluding hydrogens is 338 g/mol. The van der Waals surface area contributed by atoms with Crippen LogP contribution in [0, 0.1) is 17.8 Å². The molecule has 0 atom stereocenters. The molecule has 0 amide bonds. The SMILES string of the molecule is CCN1CCN(Cn2nc(Nc3cccc(C)c3C)sc2=S)CC1. The summed E-state index contributed by atoms with van der Waals surface area (Å²) < 4.78 is 2.76. The first kappa shape index (κ1) is 17.5. The highest BCUT2D eigenvalue weighted by molar-refractivity contribution is 7.73. The number of rotatable bonds is 5. The van der Waals surface area contributed by atoms with E-state index < -0.39 is 0 Å². The maximum Gasteiger partial charge on any atom is 0.209 e. The van der Waals surface area contributed by atoms with Crippen LogP contribution in [0.15, 0.2) is 18.2 Å². The number of likely N-dealkylation sites (N-methyl/N-ethyl adjacent to an activating group) is 1. The Morgan fingerprint density at radius 3 is 2.58 bits per heavy atom. The van der Waals surface area contributed by atoms with E-state index in [9.17, 15) is 0 Å². The van der Waals surface area contributed by atoms with Crippen LogP contribution in [-0.2, 0) is 6.67 Å². The van der Waals surface area contributed by atoms with Crippen molar-refractivity contribution in [3.63, 3.8) is 0 Å². The third-order valence-corrected chi connectivity index (χ3v) is 5.92. The number of aryl methyl sites for hydroxylation is 1. The Bertz CT molecular complexity index is 744. The number of aromatic nitrogens is 2. The Morgan fingerprint density at radius 1 is 1.17 bits per heavy atom. The highest BCUT2D eigenvalue weighted by Crippen LogP contribution is 2.25. The lowest BCUT2D eigenvalue weighted by atomic mass is 10.1. The number of anilines is 2. The number of benzene rings is 1. The van der Waals surface area contributed by atoms with Gasteiger partial charge >= 0.3 is 0 Å². The molecule has 24 heavy (non-hydrogen) atoms. The van der Waals surface area contributed by atoms with Gasteiger partial charge in [0.2, 0.25) is 5.13 Å². The largest absolute Gasteiger partial charge is 0.330 e. The minimum atomic E-state index is 0.779. The van der Waals surface area contributed by atoms with Gasteiger partial charge in [-0.2, -0.15) is 0 Å². The summed E-state index contributed by atoms with van der Waals surface area (Å²) >= 11 is 7.04. The normalized spacial score (nSPS) is 16.5. The number of piperazine rings is 1. The fourth-order valence-corrected chi connectivity index (χ4v) is 3.89. The van der Waals surface area contributed by atoms with Gasteiger partial charge in [-0.15, -0.1) is 5.10 Å². The molecule has 0 spiro atoms. The van der Waals surface area contributed by atoms with E-state index in [4.69, 9.17) is 12.2 Å². The average molecular weight is 364 g/mol. The number of nitrogens with zero attached hydrogens (tertiary/aromatic N) is 4. The van der Waals surface area contributed by atoms with Crippen LogP contribution in [0.3, 0.4) is 0 Å². The van der Waals surface area contributed by atoms with Crippen molar-refractivity contribution < 1.29 is 0 Å². The lowest BCUT2D eigenvalue weighted by molar-refractivity contribution is 0.107. The number of nitrogens with one attached hydrogen (secondary N) is 1. The molecule has 1 aliphatic rings. The molecule has 5 nitrogen and oxygen atoms in total. The van der Waals surface area contributed by atoms with Crippen molar-refractivity contribution in [2.75, 3.05) is 38.0 Å². The summed E-state index contributed by atoms with van der Waals surface area (Å²) in [7, 11) is 0. The molecule has 2 aromatic rings. The second-order valence-corrected chi connectivity index (χ2v) is 7.86. The molecule has 1 N–H and O–H groups in total. The van der Waals surface area contributed by atoms with Crippen LogP contribution in [0.1, 0.15) is 18.1 Å². The summed E-state index contributed by atoms with van der Waals surface area (Å²) in [6.07, 6.45) is 0. The lowest BCUT2D eigenvalue weighted by Crippen LogP contribution is -2.46. The van der Waals surface area contributed by atoms with Gasteiger partial charge in [0.15, 0.2) is 3.95 Å². The van der Waals surface area contributed by atoms with Crippen LogP contribution >= 0.6 is 23.6 Å². The topological polar surface area (TPSA) is 36.3 Å². The molecule has 1 fully saturated rings. The van der Waals surface area contributed by atoms with E-state index in [1.165, 1.54) is 22.5 Å². The second-order valence-electron chi connectivity index (χ2n) is 6.24. The summed E-state index contributed by atoms with van der Waals surface area (Å²) in [4.78, 5) is 4.90. The molecule has 7 heteroatoms. The first-order valence-corrected chi connectivity index (χ1v) is 9.65. The fourth-order valence-electron chi connectivity index (χ4n) is 2.88. The Balaban J connectivity index is 1.67. The maximum absolute atomic E-state index is 5.50. The van der Waals surface area contributed by atoms with Gasteiger partial charge in [0.1, 0.15) is 0 Å². The van der Waals surface area contributed by atoms with E-state index in [0.717, 1.165) is 54.2 Å². The first-order valence-electron chi connectivity index (χ1n) is 8.42. The Labute approximate surface area is 152 Å². The van der Waals surface area contributed by atoms with Gasteiger partial charge in [0.05, 0.1) is 6.67 Å². The average Bonchev–Trinajstić information content (AvgIpc) is 2.92.